The van der Waals surface area contributed by atoms with Crippen molar-refractivity contribution < 1.29 is 9.53 Å². The predicted molar refractivity (Wildman–Crippen MR) is 47.2 cm³/mol. The summed E-state index contributed by atoms with van der Waals surface area (Å²) in [5, 5.41) is 0. The molecule has 0 amide bonds. The zero-order valence-electron chi connectivity index (χ0n) is 7.55. The van der Waals surface area contributed by atoms with Crippen molar-refractivity contribution in [1.82, 2.24) is 0 Å². The quantitative estimate of drug-likeness (QED) is 0.470. The topological polar surface area (TPSA) is 26.3 Å². The number of rotatable bonds is 1. The fraction of sp³-hybridized carbons (Fsp3) is 0.300. The molecule has 0 N–H and O–H groups in total. The molecule has 1 aromatic rings. The van der Waals surface area contributed by atoms with Crippen LogP contribution in [-0.4, -0.2) is 5.97 Å². The van der Waals surface area contributed by atoms with Gasteiger partial charge in [0.2, 0.25) is 0 Å². The summed E-state index contributed by atoms with van der Waals surface area (Å²) in [5.74, 6) is 0.381. The van der Waals surface area contributed by atoms with Crippen LogP contribution in [-0.2, 0) is 4.79 Å². The third-order valence-corrected chi connectivity index (χ3v) is 1.60. The molecule has 0 aliphatic rings. The highest BCUT2D eigenvalue weighted by Crippen LogP contribution is 2.18. The lowest BCUT2D eigenvalue weighted by Gasteiger charge is -2.05. The minimum Gasteiger partial charge on any atom is -0.426 e. The Morgan fingerprint density at radius 2 is 2.00 bits per heavy atom. The van der Waals surface area contributed by atoms with Gasteiger partial charge in [0.15, 0.2) is 0 Å². The van der Waals surface area contributed by atoms with Gasteiger partial charge >= 0.3 is 5.97 Å². The van der Waals surface area contributed by atoms with Crippen molar-refractivity contribution >= 4 is 5.97 Å². The number of esters is 1. The zero-order valence-corrected chi connectivity index (χ0v) is 7.55. The predicted octanol–water partition coefficient (Wildman–Crippen LogP) is 2.23. The highest BCUT2D eigenvalue weighted by Gasteiger charge is 2.01. The third-order valence-electron chi connectivity index (χ3n) is 1.60. The van der Waals surface area contributed by atoms with Crippen LogP contribution in [0, 0.1) is 13.8 Å². The Bertz CT molecular complexity index is 303. The monoisotopic (exact) mass is 164 g/mol. The Balaban J connectivity index is 2.97. The summed E-state index contributed by atoms with van der Waals surface area (Å²) in [6, 6.07) is 5.78. The maximum atomic E-state index is 10.7. The Labute approximate surface area is 72.2 Å². The van der Waals surface area contributed by atoms with Gasteiger partial charge in [-0.2, -0.15) is 0 Å². The molecule has 0 fully saturated rings. The van der Waals surface area contributed by atoms with Crippen molar-refractivity contribution in [3.63, 3.8) is 0 Å². The first kappa shape index (κ1) is 8.78. The first-order chi connectivity index (χ1) is 5.59. The second-order valence-corrected chi connectivity index (χ2v) is 2.86. The van der Waals surface area contributed by atoms with E-state index in [1.807, 2.05) is 32.0 Å². The summed E-state index contributed by atoms with van der Waals surface area (Å²) < 4.78 is 4.99. The van der Waals surface area contributed by atoms with Gasteiger partial charge < -0.3 is 4.74 Å². The Morgan fingerprint density at radius 3 is 2.58 bits per heavy atom. The van der Waals surface area contributed by atoms with E-state index in [2.05, 4.69) is 0 Å². The number of carbonyl (C=O) groups excluding carboxylic acids is 1. The Hall–Kier alpha value is -1.31. The molecule has 2 nitrogen and oxygen atoms in total. The van der Waals surface area contributed by atoms with E-state index in [1.165, 1.54) is 6.92 Å². The highest BCUT2D eigenvalue weighted by molar-refractivity contribution is 5.69. The zero-order chi connectivity index (χ0) is 9.14. The van der Waals surface area contributed by atoms with Crippen LogP contribution in [0.4, 0.5) is 0 Å². The standard InChI is InChI=1S/C10H12O2/c1-7-4-5-8(2)10(6-7)12-9(3)11/h4-6H,1-3H3. The van der Waals surface area contributed by atoms with Gasteiger partial charge in [0.1, 0.15) is 5.75 Å². The molecule has 2 heteroatoms. The van der Waals surface area contributed by atoms with Crippen LogP contribution >= 0.6 is 0 Å². The van der Waals surface area contributed by atoms with Crippen molar-refractivity contribution in [2.45, 2.75) is 20.8 Å². The molecular weight excluding hydrogens is 152 g/mol. The smallest absolute Gasteiger partial charge is 0.308 e. The van der Waals surface area contributed by atoms with E-state index < -0.39 is 0 Å². The van der Waals surface area contributed by atoms with Crippen LogP contribution < -0.4 is 4.74 Å². The summed E-state index contributed by atoms with van der Waals surface area (Å²) in [6.45, 7) is 5.28. The molecule has 0 heterocycles. The number of carbonyl (C=O) groups is 1. The fourth-order valence-corrected chi connectivity index (χ4v) is 0.972. The molecule has 0 aliphatic heterocycles. The average molecular weight is 164 g/mol. The summed E-state index contributed by atoms with van der Waals surface area (Å²) in [7, 11) is 0. The third kappa shape index (κ3) is 2.09. The van der Waals surface area contributed by atoms with Crippen LogP contribution in [0.3, 0.4) is 0 Å². The molecule has 0 spiro atoms. The lowest BCUT2D eigenvalue weighted by molar-refractivity contribution is -0.131. The summed E-state index contributed by atoms with van der Waals surface area (Å²) >= 11 is 0. The van der Waals surface area contributed by atoms with Crippen LogP contribution in [0.15, 0.2) is 18.2 Å². The number of benzene rings is 1. The van der Waals surface area contributed by atoms with E-state index in [9.17, 15) is 4.79 Å². The van der Waals surface area contributed by atoms with Crippen molar-refractivity contribution in [2.24, 2.45) is 0 Å². The summed E-state index contributed by atoms with van der Waals surface area (Å²) in [5.41, 5.74) is 2.08. The molecule has 0 bridgehead atoms. The van der Waals surface area contributed by atoms with Crippen LogP contribution in [0.5, 0.6) is 5.75 Å². The van der Waals surface area contributed by atoms with Crippen molar-refractivity contribution in [1.29, 1.82) is 0 Å². The molecule has 0 atom stereocenters. The van der Waals surface area contributed by atoms with Crippen molar-refractivity contribution in [3.05, 3.63) is 29.3 Å². The Morgan fingerprint density at radius 1 is 1.33 bits per heavy atom. The molecule has 1 aromatic carbocycles. The van der Waals surface area contributed by atoms with Gasteiger partial charge in [0, 0.05) is 6.92 Å². The van der Waals surface area contributed by atoms with Gasteiger partial charge in [0.25, 0.3) is 0 Å². The number of hydrogen-bond acceptors (Lipinski definition) is 2. The van der Waals surface area contributed by atoms with Gasteiger partial charge in [-0.15, -0.1) is 0 Å². The second kappa shape index (κ2) is 3.39. The van der Waals surface area contributed by atoms with E-state index in [0.29, 0.717) is 5.75 Å². The molecule has 0 aliphatic carbocycles. The van der Waals surface area contributed by atoms with Gasteiger partial charge in [-0.25, -0.2) is 0 Å². The van der Waals surface area contributed by atoms with Gasteiger partial charge in [-0.1, -0.05) is 12.1 Å². The maximum Gasteiger partial charge on any atom is 0.308 e. The summed E-state index contributed by atoms with van der Waals surface area (Å²) in [6.07, 6.45) is 0. The molecule has 0 radical (unpaired) electrons. The maximum absolute atomic E-state index is 10.7. The molecular formula is C10H12O2. The number of hydrogen-bond donors (Lipinski definition) is 0. The first-order valence-electron chi connectivity index (χ1n) is 3.85. The molecule has 12 heavy (non-hydrogen) atoms. The second-order valence-electron chi connectivity index (χ2n) is 2.86. The molecule has 64 valence electrons. The minimum atomic E-state index is -0.274. The van der Waals surface area contributed by atoms with Crippen LogP contribution in [0.2, 0.25) is 0 Å². The van der Waals surface area contributed by atoms with E-state index in [0.717, 1.165) is 11.1 Å². The number of aryl methyl sites for hydroxylation is 2. The minimum absolute atomic E-state index is 0.274. The van der Waals surface area contributed by atoms with E-state index in [4.69, 9.17) is 4.74 Å². The molecule has 1 rings (SSSR count). The van der Waals surface area contributed by atoms with Crippen molar-refractivity contribution in [2.75, 3.05) is 0 Å². The van der Waals surface area contributed by atoms with Gasteiger partial charge in [-0.05, 0) is 31.0 Å². The fourth-order valence-electron chi connectivity index (χ4n) is 0.972. The molecule has 0 unspecified atom stereocenters. The Kier molecular flexibility index (Phi) is 2.48. The van der Waals surface area contributed by atoms with E-state index in [-0.39, 0.29) is 5.97 Å². The normalized spacial score (nSPS) is 9.58. The molecule has 0 aromatic heterocycles. The lowest BCUT2D eigenvalue weighted by atomic mass is 10.1. The summed E-state index contributed by atoms with van der Waals surface area (Å²) in [4.78, 5) is 10.7. The first-order valence-corrected chi connectivity index (χ1v) is 3.85. The van der Waals surface area contributed by atoms with Crippen LogP contribution in [0.1, 0.15) is 18.1 Å². The van der Waals surface area contributed by atoms with E-state index >= 15 is 0 Å². The van der Waals surface area contributed by atoms with Crippen LogP contribution in [0.25, 0.3) is 0 Å². The molecule has 0 saturated heterocycles. The lowest BCUT2D eigenvalue weighted by Crippen LogP contribution is -2.02. The van der Waals surface area contributed by atoms with Gasteiger partial charge in [0.05, 0.1) is 0 Å². The molecule has 0 saturated carbocycles. The largest absolute Gasteiger partial charge is 0.426 e. The number of ether oxygens (including phenoxy) is 1. The SMILES string of the molecule is CC(=O)Oc1cc(C)ccc1C. The van der Waals surface area contributed by atoms with Crippen molar-refractivity contribution in [3.8, 4) is 5.75 Å². The van der Waals surface area contributed by atoms with E-state index in [1.54, 1.807) is 0 Å². The average Bonchev–Trinajstić information content (AvgIpc) is 1.96. The van der Waals surface area contributed by atoms with Gasteiger partial charge in [-0.3, -0.25) is 4.79 Å². The highest BCUT2D eigenvalue weighted by atomic mass is 16.5.